The molecule has 5 heteroatoms. The Kier molecular flexibility index (Phi) is 3.70. The topological polar surface area (TPSA) is 65.0 Å². The molecule has 2 aromatic rings. The lowest BCUT2D eigenvalue weighted by molar-refractivity contribution is 0.0696. The molecule has 0 saturated heterocycles. The van der Waals surface area contributed by atoms with E-state index in [0.29, 0.717) is 17.2 Å². The van der Waals surface area contributed by atoms with Crippen LogP contribution in [0.4, 0.5) is 0 Å². The standard InChI is InChI=1S/C15H16O5/c1-8-10-5-9(15(16)17)6-12(18-2)11(10)7-13(19-3)14(8)20-4/h5-7H,1-4H3,(H,16,17). The van der Waals surface area contributed by atoms with Crippen LogP contribution in [0.3, 0.4) is 0 Å². The molecule has 2 aromatic carbocycles. The Morgan fingerprint density at radius 2 is 1.60 bits per heavy atom. The van der Waals surface area contributed by atoms with E-state index in [1.54, 1.807) is 26.4 Å². The molecule has 0 aliphatic heterocycles. The second kappa shape index (κ2) is 5.28. The fourth-order valence-corrected chi connectivity index (χ4v) is 2.29. The Labute approximate surface area is 116 Å². The van der Waals surface area contributed by atoms with E-state index in [4.69, 9.17) is 14.2 Å². The van der Waals surface area contributed by atoms with Crippen LogP contribution in [0.2, 0.25) is 0 Å². The van der Waals surface area contributed by atoms with Crippen LogP contribution in [0.5, 0.6) is 17.2 Å². The molecule has 2 rings (SSSR count). The number of aryl methyl sites for hydroxylation is 1. The molecule has 0 amide bonds. The molecule has 0 aliphatic carbocycles. The first-order valence-electron chi connectivity index (χ1n) is 6.00. The molecule has 0 aliphatic rings. The smallest absolute Gasteiger partial charge is 0.335 e. The molecule has 0 unspecified atom stereocenters. The van der Waals surface area contributed by atoms with Crippen molar-refractivity contribution in [2.75, 3.05) is 21.3 Å². The summed E-state index contributed by atoms with van der Waals surface area (Å²) in [4.78, 5) is 11.2. The van der Waals surface area contributed by atoms with Gasteiger partial charge in [0.25, 0.3) is 0 Å². The molecule has 0 atom stereocenters. The van der Waals surface area contributed by atoms with Crippen molar-refractivity contribution in [2.45, 2.75) is 6.92 Å². The molecule has 0 spiro atoms. The number of carboxylic acids is 1. The summed E-state index contributed by atoms with van der Waals surface area (Å²) in [5, 5.41) is 10.7. The van der Waals surface area contributed by atoms with E-state index >= 15 is 0 Å². The molecular formula is C15H16O5. The summed E-state index contributed by atoms with van der Waals surface area (Å²) < 4.78 is 15.9. The van der Waals surface area contributed by atoms with Gasteiger partial charge in [-0.3, -0.25) is 0 Å². The van der Waals surface area contributed by atoms with E-state index in [2.05, 4.69) is 0 Å². The highest BCUT2D eigenvalue weighted by atomic mass is 16.5. The molecule has 5 nitrogen and oxygen atoms in total. The molecule has 106 valence electrons. The monoisotopic (exact) mass is 276 g/mol. The second-order valence-electron chi connectivity index (χ2n) is 4.32. The molecule has 0 saturated carbocycles. The minimum absolute atomic E-state index is 0.171. The Morgan fingerprint density at radius 3 is 2.10 bits per heavy atom. The Morgan fingerprint density at radius 1 is 0.950 bits per heavy atom. The summed E-state index contributed by atoms with van der Waals surface area (Å²) in [6, 6.07) is 4.89. The van der Waals surface area contributed by atoms with Gasteiger partial charge in [-0.2, -0.15) is 0 Å². The summed E-state index contributed by atoms with van der Waals surface area (Å²) in [5.74, 6) is 0.659. The maximum absolute atomic E-state index is 11.2. The molecular weight excluding hydrogens is 260 g/mol. The van der Waals surface area contributed by atoms with Crippen molar-refractivity contribution in [1.82, 2.24) is 0 Å². The van der Waals surface area contributed by atoms with E-state index in [1.165, 1.54) is 13.2 Å². The third-order valence-corrected chi connectivity index (χ3v) is 3.28. The maximum atomic E-state index is 11.2. The number of carbonyl (C=O) groups is 1. The number of hydrogen-bond acceptors (Lipinski definition) is 4. The van der Waals surface area contributed by atoms with Gasteiger partial charge in [0.15, 0.2) is 11.5 Å². The zero-order chi connectivity index (χ0) is 14.9. The highest BCUT2D eigenvalue weighted by molar-refractivity contribution is 6.00. The van der Waals surface area contributed by atoms with Crippen molar-refractivity contribution in [3.8, 4) is 17.2 Å². The molecule has 20 heavy (non-hydrogen) atoms. The normalized spacial score (nSPS) is 10.4. The first kappa shape index (κ1) is 14.0. The van der Waals surface area contributed by atoms with Gasteiger partial charge in [-0.1, -0.05) is 0 Å². The lowest BCUT2D eigenvalue weighted by Crippen LogP contribution is -2.00. The van der Waals surface area contributed by atoms with Crippen LogP contribution in [0.15, 0.2) is 18.2 Å². The van der Waals surface area contributed by atoms with Gasteiger partial charge in [0.1, 0.15) is 5.75 Å². The predicted octanol–water partition coefficient (Wildman–Crippen LogP) is 2.87. The largest absolute Gasteiger partial charge is 0.496 e. The number of hydrogen-bond donors (Lipinski definition) is 1. The van der Waals surface area contributed by atoms with Gasteiger partial charge in [0.2, 0.25) is 0 Å². The van der Waals surface area contributed by atoms with Crippen molar-refractivity contribution in [3.63, 3.8) is 0 Å². The predicted molar refractivity (Wildman–Crippen MR) is 75.3 cm³/mol. The summed E-state index contributed by atoms with van der Waals surface area (Å²) in [5.41, 5.74) is 0.980. The fraction of sp³-hybridized carbons (Fsp3) is 0.267. The van der Waals surface area contributed by atoms with Crippen LogP contribution < -0.4 is 14.2 Å². The first-order chi connectivity index (χ1) is 9.53. The van der Waals surface area contributed by atoms with E-state index in [-0.39, 0.29) is 5.56 Å². The zero-order valence-corrected chi connectivity index (χ0v) is 11.8. The van der Waals surface area contributed by atoms with E-state index in [1.807, 2.05) is 6.92 Å². The van der Waals surface area contributed by atoms with Crippen LogP contribution in [-0.2, 0) is 0 Å². The number of carboxylic acid groups (broad SMARTS) is 1. The van der Waals surface area contributed by atoms with Gasteiger partial charge in [-0.25, -0.2) is 4.79 Å². The Bertz CT molecular complexity index is 676. The summed E-state index contributed by atoms with van der Waals surface area (Å²) in [7, 11) is 4.61. The maximum Gasteiger partial charge on any atom is 0.335 e. The van der Waals surface area contributed by atoms with Gasteiger partial charge in [0.05, 0.1) is 26.9 Å². The van der Waals surface area contributed by atoms with Crippen molar-refractivity contribution < 1.29 is 24.1 Å². The number of benzene rings is 2. The average molecular weight is 276 g/mol. The quantitative estimate of drug-likeness (QED) is 0.930. The average Bonchev–Trinajstić information content (AvgIpc) is 2.45. The third-order valence-electron chi connectivity index (χ3n) is 3.28. The van der Waals surface area contributed by atoms with Gasteiger partial charge in [0, 0.05) is 10.9 Å². The number of fused-ring (bicyclic) bond motifs is 1. The van der Waals surface area contributed by atoms with Crippen molar-refractivity contribution in [2.24, 2.45) is 0 Å². The summed E-state index contributed by atoms with van der Waals surface area (Å²) in [6.07, 6.45) is 0. The van der Waals surface area contributed by atoms with Crippen molar-refractivity contribution >= 4 is 16.7 Å². The molecule has 0 radical (unpaired) electrons. The van der Waals surface area contributed by atoms with Crippen molar-refractivity contribution in [1.29, 1.82) is 0 Å². The van der Waals surface area contributed by atoms with Crippen molar-refractivity contribution in [3.05, 3.63) is 29.3 Å². The van der Waals surface area contributed by atoms with E-state index < -0.39 is 5.97 Å². The summed E-state index contributed by atoms with van der Waals surface area (Å²) >= 11 is 0. The first-order valence-corrected chi connectivity index (χ1v) is 6.00. The SMILES string of the molecule is COc1cc2c(OC)cc(C(=O)O)cc2c(C)c1OC. The third kappa shape index (κ3) is 2.11. The minimum Gasteiger partial charge on any atom is -0.496 e. The molecule has 0 aromatic heterocycles. The highest BCUT2D eigenvalue weighted by Gasteiger charge is 2.17. The molecule has 1 N–H and O–H groups in total. The lowest BCUT2D eigenvalue weighted by Gasteiger charge is -2.15. The molecule has 0 fully saturated rings. The Hall–Kier alpha value is -2.43. The summed E-state index contributed by atoms with van der Waals surface area (Å²) in [6.45, 7) is 1.86. The van der Waals surface area contributed by atoms with Crippen LogP contribution in [-0.4, -0.2) is 32.4 Å². The minimum atomic E-state index is -1.00. The van der Waals surface area contributed by atoms with Gasteiger partial charge < -0.3 is 19.3 Å². The zero-order valence-electron chi connectivity index (χ0n) is 11.8. The van der Waals surface area contributed by atoms with Crippen LogP contribution in [0.25, 0.3) is 10.8 Å². The van der Waals surface area contributed by atoms with Crippen LogP contribution >= 0.6 is 0 Å². The second-order valence-corrected chi connectivity index (χ2v) is 4.32. The highest BCUT2D eigenvalue weighted by Crippen LogP contribution is 2.40. The Balaban J connectivity index is 2.90. The number of methoxy groups -OCH3 is 3. The van der Waals surface area contributed by atoms with Gasteiger partial charge in [-0.15, -0.1) is 0 Å². The fourth-order valence-electron chi connectivity index (χ4n) is 2.29. The van der Waals surface area contributed by atoms with Gasteiger partial charge in [-0.05, 0) is 30.5 Å². The van der Waals surface area contributed by atoms with Gasteiger partial charge >= 0.3 is 5.97 Å². The molecule has 0 bridgehead atoms. The molecule has 0 heterocycles. The number of aromatic carboxylic acids is 1. The van der Waals surface area contributed by atoms with Crippen LogP contribution in [0, 0.1) is 6.92 Å². The van der Waals surface area contributed by atoms with E-state index in [0.717, 1.165) is 16.3 Å². The van der Waals surface area contributed by atoms with Crippen LogP contribution in [0.1, 0.15) is 15.9 Å². The van der Waals surface area contributed by atoms with E-state index in [9.17, 15) is 9.90 Å². The number of ether oxygens (including phenoxy) is 3. The lowest BCUT2D eigenvalue weighted by atomic mass is 10.00. The number of rotatable bonds is 4.